The van der Waals surface area contributed by atoms with Gasteiger partial charge in [0, 0.05) is 6.54 Å². The summed E-state index contributed by atoms with van der Waals surface area (Å²) in [5, 5.41) is 7.37. The highest BCUT2D eigenvalue weighted by Gasteiger charge is 2.14. The Kier molecular flexibility index (Phi) is 4.65. The van der Waals surface area contributed by atoms with Crippen LogP contribution in [0.1, 0.15) is 18.4 Å². The molecule has 0 heterocycles. The number of sulfonamides is 1. The number of amides is 1. The Balaban J connectivity index is 2.49. The fourth-order valence-corrected chi connectivity index (χ4v) is 1.75. The summed E-state index contributed by atoms with van der Waals surface area (Å²) >= 11 is 0. The first-order valence-corrected chi connectivity index (χ1v) is 6.95. The van der Waals surface area contributed by atoms with E-state index in [2.05, 4.69) is 5.32 Å². The van der Waals surface area contributed by atoms with Crippen LogP contribution in [-0.2, 0) is 14.8 Å². The fraction of sp³-hybridized carbons (Fsp3) is 0.364. The average molecular weight is 256 g/mol. The summed E-state index contributed by atoms with van der Waals surface area (Å²) in [6, 6.07) is 9.27. The fourth-order valence-electron chi connectivity index (χ4n) is 1.36. The number of carbonyl (C=O) groups is 1. The molecule has 0 aliphatic rings. The van der Waals surface area contributed by atoms with Crippen molar-refractivity contribution in [2.45, 2.75) is 12.8 Å². The van der Waals surface area contributed by atoms with Gasteiger partial charge in [-0.15, -0.1) is 0 Å². The molecule has 0 aromatic heterocycles. The summed E-state index contributed by atoms with van der Waals surface area (Å²) in [7, 11) is -3.52. The van der Waals surface area contributed by atoms with E-state index in [1.165, 1.54) is 0 Å². The Morgan fingerprint density at radius 3 is 2.47 bits per heavy atom. The van der Waals surface area contributed by atoms with Gasteiger partial charge in [-0.25, -0.2) is 13.6 Å². The molecule has 1 amide bonds. The van der Waals surface area contributed by atoms with Gasteiger partial charge >= 0.3 is 0 Å². The number of benzene rings is 1. The summed E-state index contributed by atoms with van der Waals surface area (Å²) < 4.78 is 21.4. The third-order valence-corrected chi connectivity index (χ3v) is 3.15. The first kappa shape index (κ1) is 13.7. The van der Waals surface area contributed by atoms with Crippen molar-refractivity contribution in [2.75, 3.05) is 12.3 Å². The SMILES string of the molecule is CC(C(=O)NCCS(N)(=O)=O)c1ccccc1. The van der Waals surface area contributed by atoms with E-state index in [4.69, 9.17) is 5.14 Å². The van der Waals surface area contributed by atoms with Gasteiger partial charge in [-0.3, -0.25) is 4.79 Å². The van der Waals surface area contributed by atoms with Crippen LogP contribution in [-0.4, -0.2) is 26.6 Å². The van der Waals surface area contributed by atoms with E-state index in [0.29, 0.717) is 0 Å². The highest BCUT2D eigenvalue weighted by molar-refractivity contribution is 7.89. The number of rotatable bonds is 5. The molecular formula is C11H16N2O3S. The maximum Gasteiger partial charge on any atom is 0.227 e. The number of hydrogen-bond donors (Lipinski definition) is 2. The zero-order valence-corrected chi connectivity index (χ0v) is 10.4. The topological polar surface area (TPSA) is 89.3 Å². The quantitative estimate of drug-likeness (QED) is 0.788. The third kappa shape index (κ3) is 4.97. The van der Waals surface area contributed by atoms with E-state index in [1.54, 1.807) is 6.92 Å². The maximum atomic E-state index is 11.7. The van der Waals surface area contributed by atoms with Crippen LogP contribution in [0.2, 0.25) is 0 Å². The molecule has 1 aromatic carbocycles. The van der Waals surface area contributed by atoms with Crippen molar-refractivity contribution in [2.24, 2.45) is 5.14 Å². The van der Waals surface area contributed by atoms with E-state index >= 15 is 0 Å². The molecule has 0 spiro atoms. The van der Waals surface area contributed by atoms with E-state index in [1.807, 2.05) is 30.3 Å². The van der Waals surface area contributed by atoms with Crippen LogP contribution in [0.25, 0.3) is 0 Å². The van der Waals surface area contributed by atoms with Crippen molar-refractivity contribution >= 4 is 15.9 Å². The number of hydrogen-bond acceptors (Lipinski definition) is 3. The Morgan fingerprint density at radius 1 is 1.35 bits per heavy atom. The van der Waals surface area contributed by atoms with E-state index in [-0.39, 0.29) is 24.1 Å². The second kappa shape index (κ2) is 5.79. The molecule has 1 atom stereocenters. The third-order valence-electron chi connectivity index (χ3n) is 2.38. The van der Waals surface area contributed by atoms with Crippen LogP contribution in [0, 0.1) is 0 Å². The minimum Gasteiger partial charge on any atom is -0.355 e. The predicted octanol–water partition coefficient (Wildman–Crippen LogP) is 0.195. The van der Waals surface area contributed by atoms with Gasteiger partial charge in [-0.05, 0) is 12.5 Å². The maximum absolute atomic E-state index is 11.7. The Morgan fingerprint density at radius 2 is 1.94 bits per heavy atom. The molecule has 0 aliphatic heterocycles. The summed E-state index contributed by atoms with van der Waals surface area (Å²) in [5.74, 6) is -0.767. The standard InChI is InChI=1S/C11H16N2O3S/c1-9(10-5-3-2-4-6-10)11(14)13-7-8-17(12,15)16/h2-6,9H,7-8H2,1H3,(H,13,14)(H2,12,15,16). The van der Waals surface area contributed by atoms with Crippen LogP contribution in [0.4, 0.5) is 0 Å². The number of nitrogens with two attached hydrogens (primary N) is 1. The van der Waals surface area contributed by atoms with Crippen LogP contribution in [0.15, 0.2) is 30.3 Å². The van der Waals surface area contributed by atoms with Crippen LogP contribution < -0.4 is 10.5 Å². The molecule has 0 bridgehead atoms. The van der Waals surface area contributed by atoms with Crippen LogP contribution in [0.3, 0.4) is 0 Å². The predicted molar refractivity (Wildman–Crippen MR) is 65.8 cm³/mol. The lowest BCUT2D eigenvalue weighted by atomic mass is 10.0. The smallest absolute Gasteiger partial charge is 0.227 e. The first-order valence-electron chi connectivity index (χ1n) is 5.23. The Bertz CT molecular complexity index is 471. The lowest BCUT2D eigenvalue weighted by Gasteiger charge is -2.11. The van der Waals surface area contributed by atoms with Crippen molar-refractivity contribution in [1.82, 2.24) is 5.32 Å². The average Bonchev–Trinajstić information content (AvgIpc) is 2.27. The van der Waals surface area contributed by atoms with Gasteiger partial charge in [0.05, 0.1) is 11.7 Å². The Hall–Kier alpha value is -1.40. The van der Waals surface area contributed by atoms with Gasteiger partial charge in [0.1, 0.15) is 0 Å². The van der Waals surface area contributed by atoms with Crippen molar-refractivity contribution in [3.63, 3.8) is 0 Å². The second-order valence-electron chi connectivity index (χ2n) is 3.79. The van der Waals surface area contributed by atoms with Crippen molar-refractivity contribution in [3.05, 3.63) is 35.9 Å². The molecule has 17 heavy (non-hydrogen) atoms. The highest BCUT2D eigenvalue weighted by Crippen LogP contribution is 2.13. The Labute approximate surface area is 101 Å². The van der Waals surface area contributed by atoms with Gasteiger partial charge < -0.3 is 5.32 Å². The van der Waals surface area contributed by atoms with E-state index in [0.717, 1.165) is 5.56 Å². The molecule has 0 radical (unpaired) electrons. The minimum absolute atomic E-state index is 0.0365. The molecule has 1 rings (SSSR count). The monoisotopic (exact) mass is 256 g/mol. The van der Waals surface area contributed by atoms with Crippen molar-refractivity contribution in [1.29, 1.82) is 0 Å². The molecule has 6 heteroatoms. The zero-order chi connectivity index (χ0) is 12.9. The molecule has 0 fully saturated rings. The molecule has 0 saturated carbocycles. The van der Waals surface area contributed by atoms with E-state index < -0.39 is 10.0 Å². The first-order chi connectivity index (χ1) is 7.90. The number of primary sulfonamides is 1. The molecule has 3 N–H and O–H groups in total. The normalized spacial score (nSPS) is 13.1. The summed E-state index contributed by atoms with van der Waals surface area (Å²) in [5.41, 5.74) is 0.889. The van der Waals surface area contributed by atoms with Crippen molar-refractivity contribution < 1.29 is 13.2 Å². The lowest BCUT2D eigenvalue weighted by molar-refractivity contribution is -0.122. The number of carbonyl (C=O) groups excluding carboxylic acids is 1. The summed E-state index contributed by atoms with van der Waals surface area (Å²) in [6.45, 7) is 1.80. The highest BCUT2D eigenvalue weighted by atomic mass is 32.2. The van der Waals surface area contributed by atoms with Gasteiger partial charge in [-0.2, -0.15) is 0 Å². The molecule has 5 nitrogen and oxygen atoms in total. The molecular weight excluding hydrogens is 240 g/mol. The lowest BCUT2D eigenvalue weighted by Crippen LogP contribution is -2.33. The summed E-state index contributed by atoms with van der Waals surface area (Å²) in [4.78, 5) is 11.7. The molecule has 1 aromatic rings. The van der Waals surface area contributed by atoms with Crippen molar-refractivity contribution in [3.8, 4) is 0 Å². The summed E-state index contributed by atoms with van der Waals surface area (Å²) in [6.07, 6.45) is 0. The minimum atomic E-state index is -3.52. The van der Waals surface area contributed by atoms with Gasteiger partial charge in [-0.1, -0.05) is 30.3 Å². The second-order valence-corrected chi connectivity index (χ2v) is 5.52. The number of nitrogens with one attached hydrogen (secondary N) is 1. The van der Waals surface area contributed by atoms with Crippen LogP contribution in [0.5, 0.6) is 0 Å². The molecule has 0 aliphatic carbocycles. The van der Waals surface area contributed by atoms with Gasteiger partial charge in [0.25, 0.3) is 0 Å². The van der Waals surface area contributed by atoms with E-state index in [9.17, 15) is 13.2 Å². The van der Waals surface area contributed by atoms with Gasteiger partial charge in [0.2, 0.25) is 15.9 Å². The zero-order valence-electron chi connectivity index (χ0n) is 9.59. The van der Waals surface area contributed by atoms with Gasteiger partial charge in [0.15, 0.2) is 0 Å². The molecule has 0 saturated heterocycles. The largest absolute Gasteiger partial charge is 0.355 e. The molecule has 1 unspecified atom stereocenters. The van der Waals surface area contributed by atoms with Crippen LogP contribution >= 0.6 is 0 Å². The molecule has 94 valence electrons.